The van der Waals surface area contributed by atoms with Gasteiger partial charge in [-0.1, -0.05) is 6.42 Å². The summed E-state index contributed by atoms with van der Waals surface area (Å²) in [5.41, 5.74) is 0.506. The SMILES string of the molecule is COc1cc(OC)cc(C(=O)N2CC(C(=O)NCC3CC3)C3(CCC3)C2)c1. The van der Waals surface area contributed by atoms with E-state index in [4.69, 9.17) is 9.47 Å². The first-order chi connectivity index (χ1) is 13.0. The third-order valence-electron chi connectivity index (χ3n) is 6.46. The minimum Gasteiger partial charge on any atom is -0.497 e. The molecule has 1 atom stereocenters. The minimum atomic E-state index is -0.0959. The van der Waals surface area contributed by atoms with E-state index >= 15 is 0 Å². The fourth-order valence-corrected chi connectivity index (χ4v) is 4.43. The molecule has 1 N–H and O–H groups in total. The van der Waals surface area contributed by atoms with Gasteiger partial charge in [-0.3, -0.25) is 9.59 Å². The van der Waals surface area contributed by atoms with Gasteiger partial charge in [0.1, 0.15) is 11.5 Å². The van der Waals surface area contributed by atoms with E-state index in [1.54, 1.807) is 32.4 Å². The maximum Gasteiger partial charge on any atom is 0.254 e. The number of hydrogen-bond donors (Lipinski definition) is 1. The molecule has 1 aromatic carbocycles. The monoisotopic (exact) mass is 372 g/mol. The Labute approximate surface area is 160 Å². The number of carbonyl (C=O) groups is 2. The molecule has 1 saturated heterocycles. The van der Waals surface area contributed by atoms with Crippen LogP contribution in [0, 0.1) is 17.3 Å². The van der Waals surface area contributed by atoms with Crippen LogP contribution < -0.4 is 14.8 Å². The highest BCUT2D eigenvalue weighted by Crippen LogP contribution is 2.52. The normalized spacial score (nSPS) is 23.0. The van der Waals surface area contributed by atoms with Crippen molar-refractivity contribution in [1.82, 2.24) is 10.2 Å². The van der Waals surface area contributed by atoms with Crippen molar-refractivity contribution in [2.75, 3.05) is 33.9 Å². The maximum atomic E-state index is 13.1. The Kier molecular flexibility index (Phi) is 4.74. The quantitative estimate of drug-likeness (QED) is 0.833. The van der Waals surface area contributed by atoms with Crippen LogP contribution in [0.3, 0.4) is 0 Å². The molecule has 3 aliphatic rings. The van der Waals surface area contributed by atoms with Crippen molar-refractivity contribution in [3.8, 4) is 11.5 Å². The number of likely N-dealkylation sites (tertiary alicyclic amines) is 1. The lowest BCUT2D eigenvalue weighted by atomic mass is 9.62. The second-order valence-corrected chi connectivity index (χ2v) is 8.24. The van der Waals surface area contributed by atoms with Crippen LogP contribution in [0.5, 0.6) is 11.5 Å². The molecule has 27 heavy (non-hydrogen) atoms. The Morgan fingerprint density at radius 2 is 1.81 bits per heavy atom. The highest BCUT2D eigenvalue weighted by Gasteiger charge is 2.54. The first kappa shape index (κ1) is 18.1. The largest absolute Gasteiger partial charge is 0.497 e. The van der Waals surface area contributed by atoms with Gasteiger partial charge in [0, 0.05) is 36.7 Å². The molecule has 2 amide bonds. The van der Waals surface area contributed by atoms with Gasteiger partial charge in [0.25, 0.3) is 5.91 Å². The van der Waals surface area contributed by atoms with Gasteiger partial charge in [-0.15, -0.1) is 0 Å². The third kappa shape index (κ3) is 3.49. The standard InChI is InChI=1S/C21H28N2O4/c1-26-16-8-15(9-17(10-16)27-2)20(25)23-12-18(21(13-23)6-3-7-21)19(24)22-11-14-4-5-14/h8-10,14,18H,3-7,11-13H2,1-2H3,(H,22,24). The van der Waals surface area contributed by atoms with E-state index in [0.29, 0.717) is 36.1 Å². The zero-order valence-corrected chi connectivity index (χ0v) is 16.1. The molecule has 6 heteroatoms. The summed E-state index contributed by atoms with van der Waals surface area (Å²) in [7, 11) is 3.14. The zero-order chi connectivity index (χ0) is 19.0. The molecule has 1 unspecified atom stereocenters. The van der Waals surface area contributed by atoms with Crippen molar-refractivity contribution in [2.24, 2.45) is 17.3 Å². The number of rotatable bonds is 6. The van der Waals surface area contributed by atoms with E-state index in [1.165, 1.54) is 12.8 Å². The number of nitrogens with zero attached hydrogens (tertiary/aromatic N) is 1. The second-order valence-electron chi connectivity index (χ2n) is 8.24. The summed E-state index contributed by atoms with van der Waals surface area (Å²) in [6.45, 7) is 1.94. The molecule has 0 bridgehead atoms. The van der Waals surface area contributed by atoms with Crippen LogP contribution in [0.2, 0.25) is 0 Å². The van der Waals surface area contributed by atoms with Crippen molar-refractivity contribution in [3.05, 3.63) is 23.8 Å². The molecule has 1 heterocycles. The fraction of sp³-hybridized carbons (Fsp3) is 0.619. The van der Waals surface area contributed by atoms with Crippen LogP contribution in [-0.2, 0) is 4.79 Å². The van der Waals surface area contributed by atoms with E-state index in [1.807, 2.05) is 4.90 Å². The van der Waals surface area contributed by atoms with E-state index in [0.717, 1.165) is 25.8 Å². The number of hydrogen-bond acceptors (Lipinski definition) is 4. The Balaban J connectivity index is 1.50. The topological polar surface area (TPSA) is 67.9 Å². The molecule has 1 aliphatic heterocycles. The predicted molar refractivity (Wildman–Crippen MR) is 101 cm³/mol. The van der Waals surface area contributed by atoms with Gasteiger partial charge in [-0.05, 0) is 43.7 Å². The first-order valence-corrected chi connectivity index (χ1v) is 9.85. The lowest BCUT2D eigenvalue weighted by molar-refractivity contribution is -0.129. The molecule has 1 spiro atoms. The summed E-state index contributed by atoms with van der Waals surface area (Å²) in [5.74, 6) is 1.81. The Morgan fingerprint density at radius 1 is 1.15 bits per heavy atom. The second kappa shape index (κ2) is 7.06. The summed E-state index contributed by atoms with van der Waals surface area (Å²) in [6, 6.07) is 5.22. The summed E-state index contributed by atoms with van der Waals surface area (Å²) in [6.07, 6.45) is 5.64. The average Bonchev–Trinajstić information content (AvgIpc) is 3.40. The number of nitrogens with one attached hydrogen (secondary N) is 1. The van der Waals surface area contributed by atoms with Gasteiger partial charge in [0.05, 0.1) is 20.1 Å². The van der Waals surface area contributed by atoms with Crippen LogP contribution in [0.1, 0.15) is 42.5 Å². The van der Waals surface area contributed by atoms with Gasteiger partial charge < -0.3 is 19.7 Å². The maximum absolute atomic E-state index is 13.1. The Bertz CT molecular complexity index is 717. The molecule has 6 nitrogen and oxygen atoms in total. The predicted octanol–water partition coefficient (Wildman–Crippen LogP) is 2.47. The van der Waals surface area contributed by atoms with E-state index in [2.05, 4.69) is 5.32 Å². The number of carbonyl (C=O) groups excluding carboxylic acids is 2. The van der Waals surface area contributed by atoms with Crippen molar-refractivity contribution < 1.29 is 19.1 Å². The van der Waals surface area contributed by atoms with Gasteiger partial charge in [0.15, 0.2) is 0 Å². The zero-order valence-electron chi connectivity index (χ0n) is 16.1. The number of benzene rings is 1. The smallest absolute Gasteiger partial charge is 0.254 e. The summed E-state index contributed by atoms with van der Waals surface area (Å²) in [5, 5.41) is 3.13. The van der Waals surface area contributed by atoms with Gasteiger partial charge >= 0.3 is 0 Å². The molecule has 4 rings (SSSR count). The van der Waals surface area contributed by atoms with E-state index in [9.17, 15) is 9.59 Å². The molecular formula is C21H28N2O4. The molecule has 2 saturated carbocycles. The van der Waals surface area contributed by atoms with Crippen LogP contribution >= 0.6 is 0 Å². The van der Waals surface area contributed by atoms with Crippen molar-refractivity contribution in [2.45, 2.75) is 32.1 Å². The minimum absolute atomic E-state index is 0.0355. The van der Waals surface area contributed by atoms with Crippen molar-refractivity contribution in [1.29, 1.82) is 0 Å². The van der Waals surface area contributed by atoms with Crippen molar-refractivity contribution in [3.63, 3.8) is 0 Å². The van der Waals surface area contributed by atoms with Crippen LogP contribution in [0.4, 0.5) is 0 Å². The van der Waals surface area contributed by atoms with Gasteiger partial charge in [-0.2, -0.15) is 0 Å². The van der Waals surface area contributed by atoms with Crippen LogP contribution in [-0.4, -0.2) is 50.6 Å². The van der Waals surface area contributed by atoms with Crippen LogP contribution in [0.25, 0.3) is 0 Å². The van der Waals surface area contributed by atoms with E-state index in [-0.39, 0.29) is 23.1 Å². The molecule has 0 radical (unpaired) electrons. The summed E-state index contributed by atoms with van der Waals surface area (Å²) < 4.78 is 10.6. The highest BCUT2D eigenvalue weighted by molar-refractivity contribution is 5.96. The molecule has 146 valence electrons. The Hall–Kier alpha value is -2.24. The lowest BCUT2D eigenvalue weighted by Gasteiger charge is -2.41. The summed E-state index contributed by atoms with van der Waals surface area (Å²) in [4.78, 5) is 27.8. The number of methoxy groups -OCH3 is 2. The molecular weight excluding hydrogens is 344 g/mol. The van der Waals surface area contributed by atoms with E-state index < -0.39 is 0 Å². The lowest BCUT2D eigenvalue weighted by Crippen LogP contribution is -2.45. The average molecular weight is 372 g/mol. The van der Waals surface area contributed by atoms with Gasteiger partial charge in [-0.25, -0.2) is 0 Å². The molecule has 2 aliphatic carbocycles. The summed E-state index contributed by atoms with van der Waals surface area (Å²) >= 11 is 0. The third-order valence-corrected chi connectivity index (χ3v) is 6.46. The van der Waals surface area contributed by atoms with Crippen molar-refractivity contribution >= 4 is 11.8 Å². The molecule has 3 fully saturated rings. The van der Waals surface area contributed by atoms with Crippen LogP contribution in [0.15, 0.2) is 18.2 Å². The number of amides is 2. The first-order valence-electron chi connectivity index (χ1n) is 9.85. The molecule has 1 aromatic rings. The Morgan fingerprint density at radius 3 is 2.33 bits per heavy atom. The molecule has 0 aromatic heterocycles. The fourth-order valence-electron chi connectivity index (χ4n) is 4.43. The van der Waals surface area contributed by atoms with Gasteiger partial charge in [0.2, 0.25) is 5.91 Å². The highest BCUT2D eigenvalue weighted by atomic mass is 16.5. The number of ether oxygens (including phenoxy) is 2.